The van der Waals surface area contributed by atoms with Gasteiger partial charge < -0.3 is 14.8 Å². The average molecular weight is 324 g/mol. The third kappa shape index (κ3) is 3.48. The van der Waals surface area contributed by atoms with Crippen molar-refractivity contribution < 1.29 is 9.47 Å². The molecule has 0 saturated heterocycles. The van der Waals surface area contributed by atoms with Crippen LogP contribution in [0.4, 0.5) is 11.5 Å². The Hall–Kier alpha value is -2.16. The molecule has 1 aromatic carbocycles. The van der Waals surface area contributed by atoms with Crippen molar-refractivity contribution in [1.82, 2.24) is 4.98 Å². The van der Waals surface area contributed by atoms with Gasteiger partial charge in [-0.25, -0.2) is 4.98 Å². The maximum atomic E-state index is 8.94. The molecule has 2 aromatic rings. The Morgan fingerprint density at radius 2 is 1.81 bits per heavy atom. The summed E-state index contributed by atoms with van der Waals surface area (Å²) in [5.74, 6) is 1.44. The van der Waals surface area contributed by atoms with Gasteiger partial charge in [0.2, 0.25) is 0 Å². The monoisotopic (exact) mass is 323 g/mol. The minimum atomic E-state index is 0.218. The van der Waals surface area contributed by atoms with Crippen molar-refractivity contribution in [2.24, 2.45) is 0 Å². The number of nitrogens with zero attached hydrogens (tertiary/aromatic N) is 2. The maximum Gasteiger partial charge on any atom is 0.146 e. The zero-order valence-electron chi connectivity index (χ0n) is 11.3. The second kappa shape index (κ2) is 6.53. The molecular weight excluding hydrogens is 313 g/mol. The number of aromatic nitrogens is 1. The van der Waals surface area contributed by atoms with Crippen molar-refractivity contribution in [1.29, 1.82) is 5.26 Å². The van der Waals surface area contributed by atoms with Crippen LogP contribution < -0.4 is 14.8 Å². The van der Waals surface area contributed by atoms with E-state index in [2.05, 4.69) is 10.3 Å². The minimum Gasteiger partial charge on any atom is -0.495 e. The van der Waals surface area contributed by atoms with Crippen molar-refractivity contribution >= 4 is 34.7 Å². The summed E-state index contributed by atoms with van der Waals surface area (Å²) in [7, 11) is 3.05. The number of ether oxygens (including phenoxy) is 2. The molecule has 0 bridgehead atoms. The molecule has 0 saturated carbocycles. The summed E-state index contributed by atoms with van der Waals surface area (Å²) in [5.41, 5.74) is 0.984. The van der Waals surface area contributed by atoms with E-state index < -0.39 is 0 Å². The molecule has 21 heavy (non-hydrogen) atoms. The number of pyridine rings is 1. The highest BCUT2D eigenvalue weighted by Gasteiger charge is 2.11. The van der Waals surface area contributed by atoms with Crippen molar-refractivity contribution in [2.75, 3.05) is 19.5 Å². The number of methoxy groups -OCH3 is 2. The van der Waals surface area contributed by atoms with E-state index in [4.69, 9.17) is 37.9 Å². The fourth-order valence-corrected chi connectivity index (χ4v) is 2.17. The number of nitriles is 1. The van der Waals surface area contributed by atoms with Gasteiger partial charge in [-0.05, 0) is 18.2 Å². The zero-order valence-corrected chi connectivity index (χ0v) is 12.8. The molecule has 0 aliphatic heterocycles. The Labute approximate surface area is 132 Å². The zero-order chi connectivity index (χ0) is 15.4. The molecule has 1 aromatic heterocycles. The molecule has 0 amide bonds. The summed E-state index contributed by atoms with van der Waals surface area (Å²) < 4.78 is 10.4. The third-order valence-corrected chi connectivity index (χ3v) is 3.15. The second-order valence-electron chi connectivity index (χ2n) is 3.99. The highest BCUT2D eigenvalue weighted by Crippen LogP contribution is 2.37. The Balaban J connectivity index is 2.42. The van der Waals surface area contributed by atoms with Gasteiger partial charge in [-0.3, -0.25) is 0 Å². The molecule has 1 heterocycles. The molecule has 0 radical (unpaired) electrons. The van der Waals surface area contributed by atoms with Crippen LogP contribution >= 0.6 is 23.2 Å². The van der Waals surface area contributed by atoms with E-state index in [1.807, 2.05) is 6.07 Å². The smallest absolute Gasteiger partial charge is 0.146 e. The second-order valence-corrected chi connectivity index (χ2v) is 4.78. The van der Waals surface area contributed by atoms with Gasteiger partial charge in [-0.2, -0.15) is 5.26 Å². The number of halogens is 2. The van der Waals surface area contributed by atoms with Crippen molar-refractivity contribution in [3.05, 3.63) is 40.0 Å². The summed E-state index contributed by atoms with van der Waals surface area (Å²) in [6, 6.07) is 8.36. The summed E-state index contributed by atoms with van der Waals surface area (Å²) in [4.78, 5) is 4.10. The number of anilines is 2. The van der Waals surface area contributed by atoms with E-state index >= 15 is 0 Å². The fourth-order valence-electron chi connectivity index (χ4n) is 1.72. The van der Waals surface area contributed by atoms with Crippen LogP contribution in [-0.4, -0.2) is 19.2 Å². The summed E-state index contributed by atoms with van der Waals surface area (Å²) in [6.45, 7) is 0. The van der Waals surface area contributed by atoms with Crippen LogP contribution in [0.3, 0.4) is 0 Å². The quantitative estimate of drug-likeness (QED) is 0.860. The standard InChI is InChI=1S/C14H11Cl2N3O2/c1-20-11-6-12(21-2)10(5-9(11)15)18-14-4-8(7-17)3-13(16)19-14/h3-6H,1-2H3,(H,18,19). The molecular formula is C14H11Cl2N3O2. The number of rotatable bonds is 4. The molecule has 5 nitrogen and oxygen atoms in total. The number of hydrogen-bond donors (Lipinski definition) is 1. The van der Waals surface area contributed by atoms with Gasteiger partial charge in [0, 0.05) is 6.07 Å². The lowest BCUT2D eigenvalue weighted by Gasteiger charge is -2.13. The van der Waals surface area contributed by atoms with Crippen LogP contribution in [0.5, 0.6) is 11.5 Å². The van der Waals surface area contributed by atoms with E-state index in [9.17, 15) is 0 Å². The minimum absolute atomic E-state index is 0.218. The first kappa shape index (κ1) is 15.2. The normalized spacial score (nSPS) is 9.86. The Morgan fingerprint density at radius 3 is 2.43 bits per heavy atom. The first-order valence-electron chi connectivity index (χ1n) is 5.83. The van der Waals surface area contributed by atoms with Gasteiger partial charge in [0.15, 0.2) is 0 Å². The van der Waals surface area contributed by atoms with Crippen LogP contribution in [0, 0.1) is 11.3 Å². The van der Waals surface area contributed by atoms with Crippen LogP contribution in [0.15, 0.2) is 24.3 Å². The van der Waals surface area contributed by atoms with E-state index in [1.165, 1.54) is 20.3 Å². The Kier molecular flexibility index (Phi) is 4.73. The molecule has 0 unspecified atom stereocenters. The van der Waals surface area contributed by atoms with Crippen LogP contribution in [-0.2, 0) is 0 Å². The van der Waals surface area contributed by atoms with Gasteiger partial charge in [0.05, 0.1) is 36.6 Å². The lowest BCUT2D eigenvalue weighted by atomic mass is 10.2. The maximum absolute atomic E-state index is 8.94. The molecule has 1 N–H and O–H groups in total. The predicted molar refractivity (Wildman–Crippen MR) is 81.8 cm³/mol. The number of benzene rings is 1. The van der Waals surface area contributed by atoms with Gasteiger partial charge >= 0.3 is 0 Å². The molecule has 0 atom stereocenters. The van der Waals surface area contributed by atoms with E-state index in [0.29, 0.717) is 33.6 Å². The van der Waals surface area contributed by atoms with E-state index in [0.717, 1.165) is 0 Å². The van der Waals surface area contributed by atoms with Crippen LogP contribution in [0.2, 0.25) is 10.2 Å². The lowest BCUT2D eigenvalue weighted by molar-refractivity contribution is 0.396. The summed E-state index contributed by atoms with van der Waals surface area (Å²) in [5, 5.41) is 12.6. The molecule has 0 aliphatic carbocycles. The first-order chi connectivity index (χ1) is 10.1. The Morgan fingerprint density at radius 1 is 1.10 bits per heavy atom. The Bertz CT molecular complexity index is 714. The topological polar surface area (TPSA) is 67.2 Å². The molecule has 7 heteroatoms. The average Bonchev–Trinajstić information content (AvgIpc) is 2.47. The molecule has 108 valence electrons. The van der Waals surface area contributed by atoms with Crippen molar-refractivity contribution in [3.8, 4) is 17.6 Å². The van der Waals surface area contributed by atoms with Crippen LogP contribution in [0.25, 0.3) is 0 Å². The van der Waals surface area contributed by atoms with Gasteiger partial charge in [-0.15, -0.1) is 0 Å². The van der Waals surface area contributed by atoms with E-state index in [1.54, 1.807) is 18.2 Å². The summed E-state index contributed by atoms with van der Waals surface area (Å²) in [6.07, 6.45) is 0. The highest BCUT2D eigenvalue weighted by molar-refractivity contribution is 6.32. The predicted octanol–water partition coefficient (Wildman–Crippen LogP) is 4.02. The van der Waals surface area contributed by atoms with Gasteiger partial charge in [-0.1, -0.05) is 23.2 Å². The largest absolute Gasteiger partial charge is 0.495 e. The van der Waals surface area contributed by atoms with Crippen molar-refractivity contribution in [3.63, 3.8) is 0 Å². The molecule has 0 spiro atoms. The molecule has 0 aliphatic rings. The first-order valence-corrected chi connectivity index (χ1v) is 6.59. The fraction of sp³-hybridized carbons (Fsp3) is 0.143. The molecule has 0 fully saturated rings. The lowest BCUT2D eigenvalue weighted by Crippen LogP contribution is -1.98. The number of hydrogen-bond acceptors (Lipinski definition) is 5. The van der Waals surface area contributed by atoms with Crippen LogP contribution in [0.1, 0.15) is 5.56 Å². The number of nitrogens with one attached hydrogen (secondary N) is 1. The van der Waals surface area contributed by atoms with Crippen molar-refractivity contribution in [2.45, 2.75) is 0 Å². The van der Waals surface area contributed by atoms with E-state index in [-0.39, 0.29) is 5.15 Å². The highest BCUT2D eigenvalue weighted by atomic mass is 35.5. The molecule has 2 rings (SSSR count). The van der Waals surface area contributed by atoms with Gasteiger partial charge in [0.25, 0.3) is 0 Å². The van der Waals surface area contributed by atoms with Gasteiger partial charge in [0.1, 0.15) is 22.5 Å². The SMILES string of the molecule is COc1cc(OC)c(Nc2cc(C#N)cc(Cl)n2)cc1Cl. The summed E-state index contributed by atoms with van der Waals surface area (Å²) >= 11 is 12.0. The third-order valence-electron chi connectivity index (χ3n) is 2.66.